The smallest absolute Gasteiger partial charge is 0.0703 e. The molecular formula is C11H21BrO. The summed E-state index contributed by atoms with van der Waals surface area (Å²) in [7, 11) is 0. The largest absolute Gasteiger partial charge is 0.374 e. The van der Waals surface area contributed by atoms with Gasteiger partial charge in [-0.2, -0.15) is 0 Å². The maximum Gasteiger partial charge on any atom is 0.0703 e. The molecule has 1 aliphatic rings. The molecule has 0 aliphatic heterocycles. The van der Waals surface area contributed by atoms with Gasteiger partial charge >= 0.3 is 0 Å². The highest BCUT2D eigenvalue weighted by Crippen LogP contribution is 2.28. The lowest BCUT2D eigenvalue weighted by molar-refractivity contribution is -0.0280. The van der Waals surface area contributed by atoms with Gasteiger partial charge in [0.05, 0.1) is 12.2 Å². The minimum atomic E-state index is 0.471. The monoisotopic (exact) mass is 248 g/mol. The van der Waals surface area contributed by atoms with Gasteiger partial charge in [0.2, 0.25) is 0 Å². The normalized spacial score (nSPS) is 29.5. The number of alkyl halides is 1. The van der Waals surface area contributed by atoms with E-state index < -0.39 is 0 Å². The van der Waals surface area contributed by atoms with Gasteiger partial charge in [-0.05, 0) is 25.7 Å². The van der Waals surface area contributed by atoms with Crippen LogP contribution in [-0.2, 0) is 4.74 Å². The van der Waals surface area contributed by atoms with Gasteiger partial charge in [-0.25, -0.2) is 0 Å². The van der Waals surface area contributed by atoms with Crippen molar-refractivity contribution in [2.75, 3.05) is 0 Å². The van der Waals surface area contributed by atoms with Crippen LogP contribution in [0, 0.1) is 0 Å². The summed E-state index contributed by atoms with van der Waals surface area (Å²) in [5.74, 6) is 0. The maximum atomic E-state index is 6.06. The predicted molar refractivity (Wildman–Crippen MR) is 60.4 cm³/mol. The van der Waals surface area contributed by atoms with E-state index in [2.05, 4.69) is 29.8 Å². The molecule has 2 atom stereocenters. The summed E-state index contributed by atoms with van der Waals surface area (Å²) in [5.41, 5.74) is 0. The molecule has 0 saturated heterocycles. The van der Waals surface area contributed by atoms with E-state index in [9.17, 15) is 0 Å². The molecule has 0 heterocycles. The summed E-state index contributed by atoms with van der Waals surface area (Å²) >= 11 is 3.72. The molecule has 0 aromatic rings. The minimum Gasteiger partial charge on any atom is -0.374 e. The minimum absolute atomic E-state index is 0.471. The highest BCUT2D eigenvalue weighted by atomic mass is 79.9. The number of hydrogen-bond acceptors (Lipinski definition) is 1. The lowest BCUT2D eigenvalue weighted by atomic mass is 9.97. The van der Waals surface area contributed by atoms with Crippen molar-refractivity contribution in [3.63, 3.8) is 0 Å². The fraction of sp³-hybridized carbons (Fsp3) is 1.00. The number of hydrogen-bond donors (Lipinski definition) is 0. The lowest BCUT2D eigenvalue weighted by Crippen LogP contribution is -2.31. The molecule has 0 aromatic carbocycles. The molecule has 2 heteroatoms. The topological polar surface area (TPSA) is 9.23 Å². The second kappa shape index (κ2) is 6.02. The van der Waals surface area contributed by atoms with Crippen molar-refractivity contribution in [3.8, 4) is 0 Å². The van der Waals surface area contributed by atoms with Crippen LogP contribution in [-0.4, -0.2) is 17.0 Å². The van der Waals surface area contributed by atoms with Crippen LogP contribution in [0.2, 0.25) is 0 Å². The SMILES string of the molecule is CCC(CC)OC1CCCCC1Br. The second-order valence-electron chi connectivity index (χ2n) is 3.91. The Morgan fingerprint density at radius 2 is 1.85 bits per heavy atom. The number of ether oxygens (including phenoxy) is 1. The van der Waals surface area contributed by atoms with Gasteiger partial charge in [-0.15, -0.1) is 0 Å². The van der Waals surface area contributed by atoms with Gasteiger partial charge in [0.15, 0.2) is 0 Å². The van der Waals surface area contributed by atoms with Crippen molar-refractivity contribution in [2.24, 2.45) is 0 Å². The van der Waals surface area contributed by atoms with Crippen molar-refractivity contribution >= 4 is 15.9 Å². The molecule has 78 valence electrons. The van der Waals surface area contributed by atoms with Gasteiger partial charge in [0, 0.05) is 4.83 Å². The summed E-state index contributed by atoms with van der Waals surface area (Å²) in [5, 5.41) is 0. The molecule has 13 heavy (non-hydrogen) atoms. The van der Waals surface area contributed by atoms with E-state index >= 15 is 0 Å². The summed E-state index contributed by atoms with van der Waals surface area (Å²) < 4.78 is 6.06. The van der Waals surface area contributed by atoms with Crippen molar-refractivity contribution < 1.29 is 4.74 Å². The predicted octanol–water partition coefficient (Wildman–Crippen LogP) is 3.90. The van der Waals surface area contributed by atoms with Crippen LogP contribution >= 0.6 is 15.9 Å². The summed E-state index contributed by atoms with van der Waals surface area (Å²) in [6.45, 7) is 4.42. The molecule has 1 saturated carbocycles. The van der Waals surface area contributed by atoms with E-state index in [1.807, 2.05) is 0 Å². The third-order valence-electron chi connectivity index (χ3n) is 2.90. The molecule has 0 radical (unpaired) electrons. The summed E-state index contributed by atoms with van der Waals surface area (Å²) in [4.78, 5) is 0.599. The first-order valence-corrected chi connectivity index (χ1v) is 6.49. The molecule has 2 unspecified atom stereocenters. The second-order valence-corrected chi connectivity index (χ2v) is 5.09. The zero-order valence-corrected chi connectivity index (χ0v) is 10.3. The van der Waals surface area contributed by atoms with E-state index in [1.54, 1.807) is 0 Å². The van der Waals surface area contributed by atoms with Gasteiger partial charge in [0.1, 0.15) is 0 Å². The average Bonchev–Trinajstić information content (AvgIpc) is 2.17. The molecule has 1 aliphatic carbocycles. The average molecular weight is 249 g/mol. The summed E-state index contributed by atoms with van der Waals surface area (Å²) in [6.07, 6.45) is 8.46. The van der Waals surface area contributed by atoms with Gasteiger partial charge in [-0.1, -0.05) is 42.6 Å². The molecule has 1 nitrogen and oxygen atoms in total. The number of halogens is 1. The molecule has 0 N–H and O–H groups in total. The van der Waals surface area contributed by atoms with Crippen LogP contribution < -0.4 is 0 Å². The van der Waals surface area contributed by atoms with Crippen molar-refractivity contribution in [2.45, 2.75) is 69.4 Å². The highest BCUT2D eigenvalue weighted by molar-refractivity contribution is 9.09. The third kappa shape index (κ3) is 3.59. The Kier molecular flexibility index (Phi) is 5.34. The summed E-state index contributed by atoms with van der Waals surface area (Å²) in [6, 6.07) is 0. The fourth-order valence-corrected chi connectivity index (χ4v) is 2.65. The van der Waals surface area contributed by atoms with Crippen molar-refractivity contribution in [1.82, 2.24) is 0 Å². The molecule has 0 spiro atoms. The molecule has 0 amide bonds. The molecule has 0 bridgehead atoms. The van der Waals surface area contributed by atoms with Crippen molar-refractivity contribution in [3.05, 3.63) is 0 Å². The van der Waals surface area contributed by atoms with Gasteiger partial charge in [0.25, 0.3) is 0 Å². The van der Waals surface area contributed by atoms with Crippen LogP contribution in [0.3, 0.4) is 0 Å². The fourth-order valence-electron chi connectivity index (χ4n) is 1.93. The third-order valence-corrected chi connectivity index (χ3v) is 3.95. The lowest BCUT2D eigenvalue weighted by Gasteiger charge is -2.30. The van der Waals surface area contributed by atoms with E-state index in [0.29, 0.717) is 17.0 Å². The zero-order valence-electron chi connectivity index (χ0n) is 8.76. The Hall–Kier alpha value is 0.440. The van der Waals surface area contributed by atoms with Gasteiger partial charge < -0.3 is 4.74 Å². The Balaban J connectivity index is 2.32. The van der Waals surface area contributed by atoms with E-state index in [1.165, 1.54) is 25.7 Å². The van der Waals surface area contributed by atoms with Crippen LogP contribution in [0.5, 0.6) is 0 Å². The van der Waals surface area contributed by atoms with Crippen molar-refractivity contribution in [1.29, 1.82) is 0 Å². The zero-order chi connectivity index (χ0) is 9.68. The Labute approximate surface area is 90.4 Å². The first-order chi connectivity index (χ1) is 6.27. The standard InChI is InChI=1S/C11H21BrO/c1-3-9(4-2)13-11-8-6-5-7-10(11)12/h9-11H,3-8H2,1-2H3. The van der Waals surface area contributed by atoms with Crippen LogP contribution in [0.4, 0.5) is 0 Å². The van der Waals surface area contributed by atoms with Crippen LogP contribution in [0.15, 0.2) is 0 Å². The van der Waals surface area contributed by atoms with Gasteiger partial charge in [-0.3, -0.25) is 0 Å². The van der Waals surface area contributed by atoms with E-state index in [0.717, 1.165) is 12.8 Å². The highest BCUT2D eigenvalue weighted by Gasteiger charge is 2.25. The van der Waals surface area contributed by atoms with Crippen LogP contribution in [0.1, 0.15) is 52.4 Å². The first-order valence-electron chi connectivity index (χ1n) is 5.57. The molecule has 1 rings (SSSR count). The maximum absolute atomic E-state index is 6.06. The van der Waals surface area contributed by atoms with Crippen LogP contribution in [0.25, 0.3) is 0 Å². The number of rotatable bonds is 4. The molecular weight excluding hydrogens is 228 g/mol. The van der Waals surface area contributed by atoms with E-state index in [-0.39, 0.29) is 0 Å². The Morgan fingerprint density at radius 1 is 1.23 bits per heavy atom. The van der Waals surface area contributed by atoms with E-state index in [4.69, 9.17) is 4.74 Å². The first kappa shape index (κ1) is 11.5. The Bertz CT molecular complexity index is 134. The Morgan fingerprint density at radius 3 is 2.38 bits per heavy atom. The quantitative estimate of drug-likeness (QED) is 0.686. The molecule has 0 aromatic heterocycles. The molecule has 1 fully saturated rings.